The number of aliphatic hydroxyl groups excluding tert-OH is 1. The molecule has 0 amide bonds. The number of pyridine rings is 2. The number of aromatic nitrogens is 2. The van der Waals surface area contributed by atoms with Crippen LogP contribution >= 0.6 is 0 Å². The Morgan fingerprint density at radius 3 is 1.29 bits per heavy atom. The molecule has 10 rings (SSSR count). The molecule has 24 heteroatoms. The second-order valence-electron chi connectivity index (χ2n) is 47.5. The number of carbonyl (C=O) groups excluding carboxylic acids is 3. The summed E-state index contributed by atoms with van der Waals surface area (Å²) in [6, 6.07) is 45.0. The highest BCUT2D eigenvalue weighted by atomic mass is 28.4. The second kappa shape index (κ2) is 52.5. The van der Waals surface area contributed by atoms with Crippen LogP contribution in [0.1, 0.15) is 258 Å². The molecule has 2 aromatic heterocycles. The van der Waals surface area contributed by atoms with Gasteiger partial charge in [0.2, 0.25) is 0 Å². The van der Waals surface area contributed by atoms with Crippen LogP contribution in [0.25, 0.3) is 21.5 Å². The van der Waals surface area contributed by atoms with Crippen molar-refractivity contribution in [2.75, 3.05) is 13.2 Å². The van der Waals surface area contributed by atoms with Gasteiger partial charge in [0.15, 0.2) is 41.6 Å². The van der Waals surface area contributed by atoms with Crippen LogP contribution in [0, 0.1) is 36.5 Å². The number of aliphatic carboxylic acids is 1. The van der Waals surface area contributed by atoms with Gasteiger partial charge in [0, 0.05) is 85.1 Å². The summed E-state index contributed by atoms with van der Waals surface area (Å²) in [6.07, 6.45) is 29.1. The number of allylic oxidation sites excluding steroid dienone is 5. The molecule has 6 aromatic carbocycles. The number of Topliss-reactive ketones (excluding diaryl/α,β-unsaturated/α-hetero) is 2. The van der Waals surface area contributed by atoms with Crippen LogP contribution < -0.4 is 9.47 Å². The number of carbonyl (C=O) groups is 4. The fourth-order valence-electron chi connectivity index (χ4n) is 17.3. The number of hydrogen-bond acceptors (Lipinski definition) is 15. The lowest BCUT2D eigenvalue weighted by Gasteiger charge is -2.40. The number of ether oxygens (including phenoxy) is 3. The molecule has 2 N–H and O–H groups in total. The molecular formula is C119H173F3N2O14Si5. The van der Waals surface area contributed by atoms with E-state index >= 15 is 0 Å². The largest absolute Gasteiger partial charge is 0.491 e. The highest BCUT2D eigenvalue weighted by Crippen LogP contribution is 2.51. The van der Waals surface area contributed by atoms with E-state index in [4.69, 9.17) is 46.6 Å². The Bertz CT molecular complexity index is 5500. The van der Waals surface area contributed by atoms with Crippen LogP contribution in [0.4, 0.5) is 13.2 Å². The molecule has 12 atom stereocenters. The number of rotatable bonds is 45. The number of aliphatic hydroxyl groups is 1. The molecule has 143 heavy (non-hydrogen) atoms. The van der Waals surface area contributed by atoms with Crippen LogP contribution in [0.3, 0.4) is 0 Å². The summed E-state index contributed by atoms with van der Waals surface area (Å²) in [7, 11) is -10.8. The highest BCUT2D eigenvalue weighted by Gasteiger charge is 2.52. The van der Waals surface area contributed by atoms with Crippen molar-refractivity contribution < 1.29 is 78.9 Å². The lowest BCUT2D eigenvalue weighted by atomic mass is 9.87. The minimum Gasteiger partial charge on any atom is -0.491 e. The van der Waals surface area contributed by atoms with Crippen molar-refractivity contribution in [3.8, 4) is 11.5 Å². The Balaban J connectivity index is 0.000000301. The van der Waals surface area contributed by atoms with E-state index in [-0.39, 0.29) is 135 Å². The second-order valence-corrected chi connectivity index (χ2v) is 71.2. The summed E-state index contributed by atoms with van der Waals surface area (Å²) in [5.74, 6) is 1.22. The Hall–Kier alpha value is -8.39. The third-order valence-electron chi connectivity index (χ3n) is 31.2. The maximum atomic E-state index is 13.5. The van der Waals surface area contributed by atoms with E-state index in [2.05, 4.69) is 273 Å². The molecule has 0 spiro atoms. The number of esters is 1. The summed E-state index contributed by atoms with van der Waals surface area (Å²) in [6.45, 7) is 66.2. The lowest BCUT2D eigenvalue weighted by molar-refractivity contribution is -0.145. The van der Waals surface area contributed by atoms with Crippen molar-refractivity contribution in [1.82, 2.24) is 9.97 Å². The summed E-state index contributed by atoms with van der Waals surface area (Å²) in [5, 5.41) is 22.6. The van der Waals surface area contributed by atoms with Gasteiger partial charge in [0.1, 0.15) is 42.9 Å². The molecular weight excluding hydrogens is 1880 g/mol. The van der Waals surface area contributed by atoms with Gasteiger partial charge in [-0.15, -0.1) is 0 Å². The van der Waals surface area contributed by atoms with E-state index in [1.165, 1.54) is 6.07 Å². The Kier molecular flexibility index (Phi) is 44.0. The molecule has 2 aliphatic rings. The van der Waals surface area contributed by atoms with Gasteiger partial charge in [-0.3, -0.25) is 29.1 Å². The summed E-state index contributed by atoms with van der Waals surface area (Å²) in [5.41, 5.74) is 6.23. The minimum absolute atomic E-state index is 0.00242. The number of carboxylic acid groups (broad SMARTS) is 1. The third kappa shape index (κ3) is 36.3. The smallest absolute Gasteiger partial charge is 0.416 e. The minimum atomic E-state index is -4.45. The zero-order valence-electron chi connectivity index (χ0n) is 91.8. The predicted molar refractivity (Wildman–Crippen MR) is 593 cm³/mol. The number of alkyl halides is 3. The SMILES string of the molecule is CCC(C(=O)Cc1ccc2cnccc2c1)c1ccc(CO)cc1.CCC(C(=O)Cc1ccc2cnccc2c1)c1ccc(COC(=O)CCC/C=C\C[C@@H]2[C@@H](/C=C/[C@H](COc3cccc(C)c3)O[Si](C)(C)C(C)(C)C)[C@H](O[Si](C)(C)C(C)(C)C)C[C@@H]2O[Si](C)(C)C(C)(C)C)cc1.C[C@@H]1C[C@H](O[Si](C)(C)C(C)(C)C)[C@H](C/C=C\CCCC(=O)O)[C@H]1/C=C/[C@H](COc1cccc(C(F)(F)F)c1)O[Si](C)(C)C(C)(C)C. The van der Waals surface area contributed by atoms with E-state index in [1.54, 1.807) is 18.5 Å². The van der Waals surface area contributed by atoms with E-state index < -0.39 is 65.4 Å². The van der Waals surface area contributed by atoms with Crippen LogP contribution in [0.2, 0.25) is 90.7 Å². The highest BCUT2D eigenvalue weighted by molar-refractivity contribution is 6.76. The fourth-order valence-corrected chi connectivity index (χ4v) is 23.9. The number of aryl methyl sites for hydroxylation is 1. The van der Waals surface area contributed by atoms with Crippen molar-refractivity contribution >= 4 is 86.6 Å². The fraction of sp³-hybridized carbons (Fsp3) is 0.546. The first-order valence-corrected chi connectivity index (χ1v) is 66.6. The number of carboxylic acids is 1. The summed E-state index contributed by atoms with van der Waals surface area (Å²) in [4.78, 5) is 58.5. The van der Waals surface area contributed by atoms with Crippen molar-refractivity contribution in [3.63, 3.8) is 0 Å². The topological polar surface area (TPSA) is 208 Å². The number of halogens is 3. The average molecular weight is 2050 g/mol. The number of benzene rings is 6. The van der Waals surface area contributed by atoms with E-state index in [9.17, 15) is 32.3 Å². The van der Waals surface area contributed by atoms with Crippen LogP contribution in [-0.4, -0.2) is 129 Å². The molecule has 8 aromatic rings. The first kappa shape index (κ1) is 120. The van der Waals surface area contributed by atoms with Crippen molar-refractivity contribution in [2.45, 2.75) is 374 Å². The quantitative estimate of drug-likeness (QED) is 0.0157. The Morgan fingerprint density at radius 2 is 0.867 bits per heavy atom. The van der Waals surface area contributed by atoms with E-state index in [0.29, 0.717) is 51.0 Å². The molecule has 2 heterocycles. The number of fused-ring (bicyclic) bond motifs is 2. The van der Waals surface area contributed by atoms with Crippen molar-refractivity contribution in [3.05, 3.63) is 263 Å². The summed E-state index contributed by atoms with van der Waals surface area (Å²) < 4.78 is 94.0. The number of hydrogen-bond donors (Lipinski definition) is 2. The predicted octanol–water partition coefficient (Wildman–Crippen LogP) is 31.4. The molecule has 0 bridgehead atoms. The standard InChI is InChI=1S/C62H93NO7Si3.C36H59F3O5Si2.C21H21NO2/c1-18-53(56(64)40-47-30-33-50-42-63-37-36-49(50)39-47)48-31-28-46(29-32-48)43-67-59(65)27-22-20-19-21-26-54-55(58(70-73(16,17)62(9,10)11)41-57(54)69-72(14,15)61(6,7)8)35-34-52(68-71(12,13)60(3,4)5)44-66-51-25-23-24-45(2)38-51;1-26-23-32(44-46(10,11)35(5,6)7)31(19-14-12-13-15-20-33(40)41)30(26)22-21-29(43-45(8,9)34(2,3)4)25-42-28-18-16-17-27(24-28)36(37,38)39;1-2-20(17-6-3-15(14-23)4-7-17)21(24)12-16-5-8-19-13-22-10-9-18(19)11-16/h19,21,23-25,28-39,42,52-55,57-58H,18,20,22,26-27,40-41,43-44H2,1-17H3;12,14,16-18,21-22,24,26,29-32H,13,15,19-20,23,25H2,1-11H3,(H,40,41);3-11,13,20,23H,2,12,14H2,1H3/b21-19-,35-34+;14-12-,22-21+;/t52-,53?,54-,55-,57+,58-;26-,29-,30+,31-,32+;/m11./s1. The molecule has 2 unspecified atom stereocenters. The Labute approximate surface area is 861 Å². The molecule has 2 saturated carbocycles. The lowest BCUT2D eigenvalue weighted by Crippen LogP contribution is -2.45. The van der Waals surface area contributed by atoms with Gasteiger partial charge >= 0.3 is 18.1 Å². The maximum absolute atomic E-state index is 13.5. The monoisotopic (exact) mass is 2050 g/mol. The van der Waals surface area contributed by atoms with Gasteiger partial charge in [0.05, 0.1) is 36.6 Å². The van der Waals surface area contributed by atoms with Gasteiger partial charge in [-0.05, 0) is 278 Å². The van der Waals surface area contributed by atoms with Crippen LogP contribution in [0.5, 0.6) is 11.5 Å². The molecule has 0 saturated heterocycles. The average Bonchev–Trinajstić information content (AvgIpc) is 1.65. The third-order valence-corrected chi connectivity index (χ3v) is 53.7. The van der Waals surface area contributed by atoms with Crippen LogP contribution in [-0.2, 0) is 78.3 Å². The number of unbranched alkanes of at least 4 members (excludes halogenated alkanes) is 2. The molecule has 0 aliphatic heterocycles. The van der Waals surface area contributed by atoms with E-state index in [0.717, 1.165) is 123 Å². The number of ketones is 2. The van der Waals surface area contributed by atoms with Gasteiger partial charge in [-0.2, -0.15) is 13.2 Å². The van der Waals surface area contributed by atoms with Crippen molar-refractivity contribution in [2.24, 2.45) is 29.6 Å². The van der Waals surface area contributed by atoms with E-state index in [1.807, 2.05) is 116 Å². The zero-order chi connectivity index (χ0) is 106. The molecule has 2 aliphatic carbocycles. The zero-order valence-corrected chi connectivity index (χ0v) is 96.8. The van der Waals surface area contributed by atoms with Gasteiger partial charge in [-0.25, -0.2) is 0 Å². The Morgan fingerprint density at radius 1 is 0.462 bits per heavy atom. The first-order chi connectivity index (χ1) is 66.6. The van der Waals surface area contributed by atoms with Gasteiger partial charge < -0.3 is 46.6 Å². The maximum Gasteiger partial charge on any atom is 0.416 e. The van der Waals surface area contributed by atoms with Gasteiger partial charge in [-0.1, -0.05) is 276 Å². The molecule has 0 radical (unpaired) electrons. The first-order valence-electron chi connectivity index (χ1n) is 52.1. The molecule has 16 nitrogen and oxygen atoms in total. The molecule has 2 fully saturated rings. The van der Waals surface area contributed by atoms with Crippen molar-refractivity contribution in [1.29, 1.82) is 0 Å². The summed E-state index contributed by atoms with van der Waals surface area (Å²) >= 11 is 0. The van der Waals surface area contributed by atoms with Gasteiger partial charge in [0.25, 0.3) is 0 Å². The normalized spacial score (nSPS) is 19.1. The number of nitrogens with zero attached hydrogens (tertiary/aromatic N) is 2. The molecule has 784 valence electrons. The van der Waals surface area contributed by atoms with Crippen LogP contribution in [0.15, 0.2) is 219 Å².